The van der Waals surface area contributed by atoms with Crippen LogP contribution in [0.3, 0.4) is 0 Å². The zero-order chi connectivity index (χ0) is 14.3. The van der Waals surface area contributed by atoms with E-state index in [0.29, 0.717) is 0 Å². The summed E-state index contributed by atoms with van der Waals surface area (Å²) in [4.78, 5) is 33.6. The van der Waals surface area contributed by atoms with Gasteiger partial charge in [0.25, 0.3) is 5.97 Å². The summed E-state index contributed by atoms with van der Waals surface area (Å²) in [7, 11) is 1.49. The van der Waals surface area contributed by atoms with Crippen LogP contribution in [0.25, 0.3) is 0 Å². The molecule has 6 nitrogen and oxygen atoms in total. The van der Waals surface area contributed by atoms with Crippen molar-refractivity contribution >= 4 is 28.4 Å². The fraction of sp³-hybridized carbons (Fsp3) is 0.545. The van der Waals surface area contributed by atoms with Gasteiger partial charge >= 0.3 is 11.9 Å². The fourth-order valence-corrected chi connectivity index (χ4v) is 1.40. The summed E-state index contributed by atoms with van der Waals surface area (Å²) in [6, 6.07) is 0. The Morgan fingerprint density at radius 3 is 2.11 bits per heavy atom. The Kier molecular flexibility index (Phi) is 6.32. The van der Waals surface area contributed by atoms with Crippen molar-refractivity contribution in [2.75, 3.05) is 7.11 Å². The van der Waals surface area contributed by atoms with Gasteiger partial charge in [-0.1, -0.05) is 0 Å². The summed E-state index contributed by atoms with van der Waals surface area (Å²) in [5.41, 5.74) is -1.01. The molecule has 0 aliphatic rings. The zero-order valence-electron chi connectivity index (χ0n) is 11.2. The monoisotopic (exact) mass is 274 g/mol. The fourth-order valence-electron chi connectivity index (χ4n) is 1.05. The molecule has 0 aromatic carbocycles. The minimum Gasteiger partial charge on any atom is -0.528 e. The number of methoxy groups -OCH3 is 1. The minimum atomic E-state index is -1.01. The van der Waals surface area contributed by atoms with Gasteiger partial charge in [0.05, 0.1) is 13.0 Å². The molecule has 0 rings (SSSR count). The maximum Gasteiger partial charge on any atom is 0.331 e. The van der Waals surface area contributed by atoms with Gasteiger partial charge in [-0.05, 0) is 20.8 Å². The molecule has 0 N–H and O–H groups in total. The van der Waals surface area contributed by atoms with Gasteiger partial charge in [0.1, 0.15) is 5.60 Å². The van der Waals surface area contributed by atoms with Crippen molar-refractivity contribution in [3.05, 3.63) is 12.2 Å². The van der Waals surface area contributed by atoms with Crippen LogP contribution in [-0.2, 0) is 28.3 Å². The van der Waals surface area contributed by atoms with E-state index in [1.54, 1.807) is 20.8 Å². The predicted octanol–water partition coefficient (Wildman–Crippen LogP) is -0.503. The molecule has 0 aromatic heterocycles. The highest BCUT2D eigenvalue weighted by Crippen LogP contribution is 2.22. The summed E-state index contributed by atoms with van der Waals surface area (Å²) < 4.78 is 14.1. The summed E-state index contributed by atoms with van der Waals surface area (Å²) in [6.45, 7) is 4.80. The molecule has 0 fully saturated rings. The molecule has 0 radical (unpaired) electrons. The molecular weight excluding hydrogens is 256 g/mol. The van der Waals surface area contributed by atoms with Crippen LogP contribution in [0.1, 0.15) is 20.8 Å². The maximum atomic E-state index is 11.4. The first-order chi connectivity index (χ1) is 8.24. The lowest BCUT2D eigenvalue weighted by molar-refractivity contribution is -0.162. The molecule has 1 atom stereocenters. The first-order valence-corrected chi connectivity index (χ1v) is 6.13. The van der Waals surface area contributed by atoms with Crippen molar-refractivity contribution in [2.24, 2.45) is 5.92 Å². The second kappa shape index (κ2) is 6.95. The van der Waals surface area contributed by atoms with Crippen LogP contribution in [0, 0.1) is 5.92 Å². The molecule has 0 aliphatic carbocycles. The SMILES string of the molecule is COC(=O)/C=C/C(=O)OC(C)(C)C(C)C(=O)O[SiH3]. The van der Waals surface area contributed by atoms with E-state index in [1.165, 1.54) is 7.11 Å². The minimum absolute atomic E-state index is 0.287. The normalized spacial score (nSPS) is 13.1. The number of esters is 2. The van der Waals surface area contributed by atoms with Gasteiger partial charge in [0.2, 0.25) is 10.5 Å². The molecule has 0 aliphatic heterocycles. The topological polar surface area (TPSA) is 78.9 Å². The average Bonchev–Trinajstić information content (AvgIpc) is 2.33. The van der Waals surface area contributed by atoms with Crippen LogP contribution in [0.4, 0.5) is 0 Å². The maximum absolute atomic E-state index is 11.4. The van der Waals surface area contributed by atoms with E-state index in [9.17, 15) is 14.4 Å². The van der Waals surface area contributed by atoms with Gasteiger partial charge in [0, 0.05) is 12.2 Å². The van der Waals surface area contributed by atoms with Crippen molar-refractivity contribution in [1.82, 2.24) is 0 Å². The first-order valence-electron chi connectivity index (χ1n) is 5.31. The van der Waals surface area contributed by atoms with E-state index < -0.39 is 29.4 Å². The molecule has 0 saturated carbocycles. The molecule has 0 amide bonds. The second-order valence-electron chi connectivity index (χ2n) is 4.13. The predicted molar refractivity (Wildman–Crippen MR) is 66.5 cm³/mol. The van der Waals surface area contributed by atoms with E-state index in [1.807, 2.05) is 0 Å². The van der Waals surface area contributed by atoms with Crippen molar-refractivity contribution in [3.8, 4) is 0 Å². The summed E-state index contributed by atoms with van der Waals surface area (Å²) in [6.07, 6.45) is 1.90. The Hall–Kier alpha value is -1.63. The summed E-state index contributed by atoms with van der Waals surface area (Å²) in [5.74, 6) is -2.39. The van der Waals surface area contributed by atoms with Gasteiger partial charge in [-0.3, -0.25) is 4.79 Å². The van der Waals surface area contributed by atoms with Crippen LogP contribution in [-0.4, -0.2) is 41.1 Å². The first kappa shape index (κ1) is 16.4. The summed E-state index contributed by atoms with van der Waals surface area (Å²) >= 11 is 0. The Labute approximate surface area is 109 Å². The third kappa shape index (κ3) is 5.13. The molecule has 1 unspecified atom stereocenters. The Bertz CT molecular complexity index is 361. The average molecular weight is 274 g/mol. The third-order valence-corrected chi connectivity index (χ3v) is 2.92. The molecule has 18 heavy (non-hydrogen) atoms. The van der Waals surface area contributed by atoms with E-state index in [0.717, 1.165) is 12.2 Å². The van der Waals surface area contributed by atoms with Gasteiger partial charge < -0.3 is 13.9 Å². The summed E-state index contributed by atoms with van der Waals surface area (Å²) in [5, 5.41) is 0. The van der Waals surface area contributed by atoms with Crippen LogP contribution < -0.4 is 0 Å². The highest BCUT2D eigenvalue weighted by molar-refractivity contribution is 6.05. The van der Waals surface area contributed by atoms with Crippen molar-refractivity contribution in [1.29, 1.82) is 0 Å². The van der Waals surface area contributed by atoms with Gasteiger partial charge in [-0.15, -0.1) is 0 Å². The molecule has 0 aromatic rings. The van der Waals surface area contributed by atoms with E-state index in [-0.39, 0.29) is 10.5 Å². The zero-order valence-corrected chi connectivity index (χ0v) is 13.2. The second-order valence-corrected chi connectivity index (χ2v) is 4.53. The number of carbonyl (C=O) groups is 3. The Balaban J connectivity index is 4.58. The van der Waals surface area contributed by atoms with Crippen molar-refractivity contribution < 1.29 is 28.3 Å². The highest BCUT2D eigenvalue weighted by Gasteiger charge is 2.35. The van der Waals surface area contributed by atoms with E-state index in [4.69, 9.17) is 9.16 Å². The molecule has 0 spiro atoms. The molecule has 0 bridgehead atoms. The lowest BCUT2D eigenvalue weighted by Gasteiger charge is -2.29. The highest BCUT2D eigenvalue weighted by atomic mass is 28.2. The van der Waals surface area contributed by atoms with Crippen LogP contribution in [0.15, 0.2) is 12.2 Å². The largest absolute Gasteiger partial charge is 0.528 e. The number of carbonyl (C=O) groups excluding carboxylic acids is 3. The molecule has 102 valence electrons. The quantitative estimate of drug-likeness (QED) is 0.382. The number of rotatable bonds is 5. The lowest BCUT2D eigenvalue weighted by atomic mass is 9.93. The van der Waals surface area contributed by atoms with Gasteiger partial charge in [0.15, 0.2) is 0 Å². The third-order valence-electron chi connectivity index (χ3n) is 2.52. The Morgan fingerprint density at radius 1 is 1.17 bits per heavy atom. The molecular formula is C11H18O6Si. The molecule has 0 saturated heterocycles. The van der Waals surface area contributed by atoms with Crippen LogP contribution in [0.2, 0.25) is 0 Å². The molecule has 7 heteroatoms. The number of hydrogen-bond acceptors (Lipinski definition) is 6. The Morgan fingerprint density at radius 2 is 1.67 bits per heavy atom. The molecule has 0 heterocycles. The lowest BCUT2D eigenvalue weighted by Crippen LogP contribution is -2.39. The van der Waals surface area contributed by atoms with Crippen molar-refractivity contribution in [2.45, 2.75) is 26.4 Å². The van der Waals surface area contributed by atoms with Gasteiger partial charge in [-0.25, -0.2) is 9.59 Å². The van der Waals surface area contributed by atoms with E-state index >= 15 is 0 Å². The van der Waals surface area contributed by atoms with Gasteiger partial charge in [-0.2, -0.15) is 0 Å². The number of ether oxygens (including phenoxy) is 2. The van der Waals surface area contributed by atoms with Crippen molar-refractivity contribution in [3.63, 3.8) is 0 Å². The smallest absolute Gasteiger partial charge is 0.331 e. The van der Waals surface area contributed by atoms with Crippen LogP contribution >= 0.6 is 0 Å². The van der Waals surface area contributed by atoms with E-state index in [2.05, 4.69) is 4.74 Å². The number of hydrogen-bond donors (Lipinski definition) is 0. The standard InChI is InChI=1S/C11H18O6Si/c1-7(10(14)17-18)11(2,3)16-9(13)6-5-8(12)15-4/h5-7H,1-4,18H3/b6-5+. The van der Waals surface area contributed by atoms with Crippen LogP contribution in [0.5, 0.6) is 0 Å².